The van der Waals surface area contributed by atoms with Crippen molar-refractivity contribution in [1.82, 2.24) is 14.8 Å². The van der Waals surface area contributed by atoms with Crippen LogP contribution in [-0.2, 0) is 15.3 Å². The molecule has 0 spiro atoms. The second-order valence-corrected chi connectivity index (χ2v) is 8.69. The van der Waals surface area contributed by atoms with Crippen LogP contribution in [0.1, 0.15) is 46.8 Å². The molecule has 1 aromatic heterocycles. The number of hydrogen-bond acceptors (Lipinski definition) is 7. The van der Waals surface area contributed by atoms with Crippen LogP contribution in [-0.4, -0.2) is 33.6 Å². The highest BCUT2D eigenvalue weighted by atomic mass is 32.2. The molecule has 0 fully saturated rings. The molecule has 5 rings (SSSR count). The van der Waals surface area contributed by atoms with Crippen molar-refractivity contribution in [3.8, 4) is 0 Å². The molecule has 2 aromatic carbocycles. The van der Waals surface area contributed by atoms with E-state index in [2.05, 4.69) is 17.4 Å². The summed E-state index contributed by atoms with van der Waals surface area (Å²) in [6.45, 7) is 0. The summed E-state index contributed by atoms with van der Waals surface area (Å²) in [4.78, 5) is 29.5. The average Bonchev–Trinajstić information content (AvgIpc) is 3.24. The lowest BCUT2D eigenvalue weighted by molar-refractivity contribution is -0.116. The number of carbonyl (C=O) groups is 2. The number of carbonyl (C=O) groups excluding carboxylic acids is 2. The Morgan fingerprint density at radius 1 is 1.16 bits per heavy atom. The van der Waals surface area contributed by atoms with Crippen LogP contribution < -0.4 is 5.32 Å². The number of ether oxygens (including phenoxy) is 1. The summed E-state index contributed by atoms with van der Waals surface area (Å²) in [6, 6.07) is 17.0. The highest BCUT2D eigenvalue weighted by Crippen LogP contribution is 2.40. The third-order valence-corrected chi connectivity index (χ3v) is 6.62. The Morgan fingerprint density at radius 2 is 1.94 bits per heavy atom. The van der Waals surface area contributed by atoms with Crippen LogP contribution in [0.15, 0.2) is 71.0 Å². The number of nitrogens with one attached hydrogen (secondary N) is 1. The molecule has 0 unspecified atom stereocenters. The van der Waals surface area contributed by atoms with Gasteiger partial charge in [0.2, 0.25) is 11.1 Å². The SMILES string of the molecule is COC(=O)c1ccc([C@H]2C3=C(CCCC3=O)Nc3nc(SCc4ccccc4)nn32)cc1. The fraction of sp³-hybridized carbons (Fsp3) is 0.250. The standard InChI is InChI=1S/C24H22N4O3S/c1-31-22(30)17-12-10-16(11-13-17)21-20-18(8-5-9-19(20)29)25-23-26-24(27-28(21)23)32-14-15-6-3-2-4-7-15/h2-4,6-7,10-13,21H,5,8-9,14H2,1H3,(H,25,26,27)/t21-/m0/s1. The Bertz CT molecular complexity index is 1200. The number of thioether (sulfide) groups is 1. The lowest BCUT2D eigenvalue weighted by Gasteiger charge is -2.32. The summed E-state index contributed by atoms with van der Waals surface area (Å²) in [7, 11) is 1.36. The van der Waals surface area contributed by atoms with E-state index in [0.29, 0.717) is 23.1 Å². The number of Topliss-reactive ketones (excluding diaryl/α,β-unsaturated/α-hetero) is 1. The van der Waals surface area contributed by atoms with Crippen LogP contribution in [0, 0.1) is 0 Å². The zero-order valence-corrected chi connectivity index (χ0v) is 18.4. The molecule has 3 aromatic rings. The van der Waals surface area contributed by atoms with Crippen LogP contribution in [0.3, 0.4) is 0 Å². The Hall–Kier alpha value is -3.39. The van der Waals surface area contributed by atoms with Gasteiger partial charge in [-0.15, -0.1) is 5.10 Å². The van der Waals surface area contributed by atoms with Gasteiger partial charge in [-0.2, -0.15) is 4.98 Å². The summed E-state index contributed by atoms with van der Waals surface area (Å²) in [5.74, 6) is 1.13. The number of benzene rings is 2. The molecule has 162 valence electrons. The van der Waals surface area contributed by atoms with Gasteiger partial charge in [-0.1, -0.05) is 54.2 Å². The first kappa shape index (κ1) is 20.5. The molecule has 7 nitrogen and oxygen atoms in total. The molecule has 0 amide bonds. The smallest absolute Gasteiger partial charge is 0.337 e. The minimum absolute atomic E-state index is 0.125. The molecule has 0 saturated heterocycles. The van der Waals surface area contributed by atoms with Crippen molar-refractivity contribution in [2.45, 2.75) is 36.2 Å². The van der Waals surface area contributed by atoms with Crippen molar-refractivity contribution < 1.29 is 14.3 Å². The van der Waals surface area contributed by atoms with Gasteiger partial charge in [0.25, 0.3) is 0 Å². The van der Waals surface area contributed by atoms with Gasteiger partial charge < -0.3 is 10.1 Å². The molecule has 0 radical (unpaired) electrons. The van der Waals surface area contributed by atoms with E-state index >= 15 is 0 Å². The van der Waals surface area contributed by atoms with E-state index in [1.807, 2.05) is 30.3 Å². The van der Waals surface area contributed by atoms with Gasteiger partial charge in [0, 0.05) is 23.4 Å². The number of rotatable bonds is 5. The van der Waals surface area contributed by atoms with Gasteiger partial charge >= 0.3 is 5.97 Å². The topological polar surface area (TPSA) is 86.1 Å². The largest absolute Gasteiger partial charge is 0.465 e. The van der Waals surface area contributed by atoms with E-state index in [9.17, 15) is 9.59 Å². The fourth-order valence-corrected chi connectivity index (χ4v) is 4.93. The monoisotopic (exact) mass is 446 g/mol. The van der Waals surface area contributed by atoms with Crippen LogP contribution in [0.5, 0.6) is 0 Å². The van der Waals surface area contributed by atoms with Crippen molar-refractivity contribution in [2.24, 2.45) is 0 Å². The van der Waals surface area contributed by atoms with Crippen LogP contribution in [0.25, 0.3) is 0 Å². The Balaban J connectivity index is 1.50. The van der Waals surface area contributed by atoms with Crippen molar-refractivity contribution in [3.63, 3.8) is 0 Å². The molecule has 8 heteroatoms. The quantitative estimate of drug-likeness (QED) is 0.460. The second kappa shape index (κ2) is 8.63. The molecular formula is C24H22N4O3S. The van der Waals surface area contributed by atoms with Crippen LogP contribution in [0.4, 0.5) is 5.95 Å². The zero-order chi connectivity index (χ0) is 22.1. The van der Waals surface area contributed by atoms with Crippen LogP contribution in [0.2, 0.25) is 0 Å². The van der Waals surface area contributed by atoms with Crippen molar-refractivity contribution in [3.05, 3.63) is 82.6 Å². The van der Waals surface area contributed by atoms with E-state index in [4.69, 9.17) is 14.8 Å². The second-order valence-electron chi connectivity index (χ2n) is 7.75. The Labute approximate surface area is 189 Å². The van der Waals surface area contributed by atoms with E-state index in [0.717, 1.165) is 35.4 Å². The van der Waals surface area contributed by atoms with Gasteiger partial charge in [0.15, 0.2) is 5.78 Å². The first-order chi connectivity index (χ1) is 15.6. The number of esters is 1. The number of anilines is 1. The molecule has 2 aliphatic rings. The molecule has 32 heavy (non-hydrogen) atoms. The van der Waals surface area contributed by atoms with Crippen molar-refractivity contribution >= 4 is 29.5 Å². The first-order valence-electron chi connectivity index (χ1n) is 10.5. The third kappa shape index (κ3) is 3.82. The Kier molecular flexibility index (Phi) is 5.53. The number of fused-ring (bicyclic) bond motifs is 1. The van der Waals surface area contributed by atoms with E-state index < -0.39 is 5.97 Å². The van der Waals surface area contributed by atoms with Gasteiger partial charge in [0.1, 0.15) is 6.04 Å². The minimum atomic E-state index is -0.392. The summed E-state index contributed by atoms with van der Waals surface area (Å²) in [5, 5.41) is 8.75. The van der Waals surface area contributed by atoms with Gasteiger partial charge in [0.05, 0.1) is 12.7 Å². The maximum absolute atomic E-state index is 12.9. The molecule has 2 heterocycles. The highest BCUT2D eigenvalue weighted by Gasteiger charge is 2.36. The predicted octanol–water partition coefficient (Wildman–Crippen LogP) is 4.38. The highest BCUT2D eigenvalue weighted by molar-refractivity contribution is 7.98. The predicted molar refractivity (Wildman–Crippen MR) is 121 cm³/mol. The normalized spacial score (nSPS) is 17.4. The number of allylic oxidation sites excluding steroid dienone is 2. The average molecular weight is 447 g/mol. The van der Waals surface area contributed by atoms with Crippen molar-refractivity contribution in [2.75, 3.05) is 12.4 Å². The number of aromatic nitrogens is 3. The third-order valence-electron chi connectivity index (χ3n) is 5.71. The number of methoxy groups -OCH3 is 1. The van der Waals surface area contributed by atoms with E-state index in [1.54, 1.807) is 28.6 Å². The molecule has 1 aliphatic heterocycles. The van der Waals surface area contributed by atoms with Crippen molar-refractivity contribution in [1.29, 1.82) is 0 Å². The van der Waals surface area contributed by atoms with Crippen LogP contribution >= 0.6 is 11.8 Å². The lowest BCUT2D eigenvalue weighted by atomic mass is 9.85. The lowest BCUT2D eigenvalue weighted by Crippen LogP contribution is -2.31. The van der Waals surface area contributed by atoms with Gasteiger partial charge in [-0.3, -0.25) is 4.79 Å². The molecule has 1 atom stereocenters. The molecule has 1 N–H and O–H groups in total. The summed E-state index contributed by atoms with van der Waals surface area (Å²) in [6.07, 6.45) is 2.15. The maximum Gasteiger partial charge on any atom is 0.337 e. The number of nitrogens with zero attached hydrogens (tertiary/aromatic N) is 3. The molecule has 1 aliphatic carbocycles. The molecule has 0 bridgehead atoms. The van der Waals surface area contributed by atoms with E-state index in [1.165, 1.54) is 12.7 Å². The maximum atomic E-state index is 12.9. The summed E-state index contributed by atoms with van der Waals surface area (Å²) < 4.78 is 6.60. The van der Waals surface area contributed by atoms with Gasteiger partial charge in [-0.25, -0.2) is 9.48 Å². The first-order valence-corrected chi connectivity index (χ1v) is 11.5. The summed E-state index contributed by atoms with van der Waals surface area (Å²) in [5.41, 5.74) is 4.20. The fourth-order valence-electron chi connectivity index (χ4n) is 4.15. The molecular weight excluding hydrogens is 424 g/mol. The zero-order valence-electron chi connectivity index (χ0n) is 17.6. The van der Waals surface area contributed by atoms with Gasteiger partial charge in [-0.05, 0) is 36.1 Å². The molecule has 0 saturated carbocycles. The minimum Gasteiger partial charge on any atom is -0.465 e. The number of ketones is 1. The summed E-state index contributed by atoms with van der Waals surface area (Å²) >= 11 is 1.56. The Morgan fingerprint density at radius 3 is 2.69 bits per heavy atom. The van der Waals surface area contributed by atoms with E-state index in [-0.39, 0.29) is 11.8 Å². The number of hydrogen-bond donors (Lipinski definition) is 1.